The van der Waals surface area contributed by atoms with Gasteiger partial charge in [-0.15, -0.1) is 0 Å². The monoisotopic (exact) mass is 735 g/mol. The van der Waals surface area contributed by atoms with E-state index in [2.05, 4.69) is 209 Å². The molecule has 3 aromatic heterocycles. The molecule has 0 N–H and O–H groups in total. The third-order valence-electron chi connectivity index (χ3n) is 12.4. The van der Waals surface area contributed by atoms with Gasteiger partial charge in [-0.1, -0.05) is 127 Å². The summed E-state index contributed by atoms with van der Waals surface area (Å²) < 4.78 is 4.81. The molecule has 58 heavy (non-hydrogen) atoms. The van der Waals surface area contributed by atoms with E-state index in [4.69, 9.17) is 4.98 Å². The van der Waals surface area contributed by atoms with Gasteiger partial charge in [-0.25, -0.2) is 4.98 Å². The summed E-state index contributed by atoms with van der Waals surface area (Å²) in [6.45, 7) is 0. The average Bonchev–Trinajstić information content (AvgIpc) is 3.92. The molecule has 9 aromatic carbocycles. The van der Waals surface area contributed by atoms with Crippen molar-refractivity contribution in [3.8, 4) is 56.0 Å². The average molecular weight is 736 g/mol. The standard InChI is InChI=1S/C55H33N3/c1-2-11-39(12-3-1)57-52-20-9-7-16-44(52)47-31-36(25-28-53(47)57)37-24-27-45-43-15-6-8-19-51(43)58(54(45)32-37)40-26-23-34-29-38(22-21-35(34)30-40)50-33-48-42-14-5-4-13-41(42)46-17-10-18-49(56-50)55(46)48/h1-33H. The van der Waals surface area contributed by atoms with Crippen LogP contribution < -0.4 is 0 Å². The molecule has 0 fully saturated rings. The minimum atomic E-state index is 1.00. The van der Waals surface area contributed by atoms with Gasteiger partial charge in [0.15, 0.2) is 0 Å². The van der Waals surface area contributed by atoms with Crippen molar-refractivity contribution in [2.24, 2.45) is 0 Å². The van der Waals surface area contributed by atoms with Crippen molar-refractivity contribution in [3.63, 3.8) is 0 Å². The Balaban J connectivity index is 0.936. The van der Waals surface area contributed by atoms with Crippen LogP contribution in [0.2, 0.25) is 0 Å². The molecule has 0 atom stereocenters. The minimum absolute atomic E-state index is 1.00. The highest BCUT2D eigenvalue weighted by molar-refractivity contribution is 6.15. The second-order valence-electron chi connectivity index (χ2n) is 15.6. The first-order valence-electron chi connectivity index (χ1n) is 20.0. The van der Waals surface area contributed by atoms with Crippen molar-refractivity contribution in [1.29, 1.82) is 0 Å². The molecular formula is C55H33N3. The fourth-order valence-electron chi connectivity index (χ4n) is 9.79. The first kappa shape index (κ1) is 31.5. The Labute approximate surface area is 334 Å². The lowest BCUT2D eigenvalue weighted by Crippen LogP contribution is -1.94. The second kappa shape index (κ2) is 11.9. The van der Waals surface area contributed by atoms with E-state index in [1.165, 1.54) is 98.8 Å². The third kappa shape index (κ3) is 4.47. The third-order valence-corrected chi connectivity index (χ3v) is 12.4. The molecule has 0 spiro atoms. The van der Waals surface area contributed by atoms with Crippen LogP contribution in [-0.4, -0.2) is 14.1 Å². The van der Waals surface area contributed by atoms with Crippen LogP contribution in [0.4, 0.5) is 0 Å². The van der Waals surface area contributed by atoms with Crippen molar-refractivity contribution in [1.82, 2.24) is 14.1 Å². The Bertz CT molecular complexity index is 3680. The van der Waals surface area contributed by atoms with E-state index in [9.17, 15) is 0 Å². The molecule has 3 heteroatoms. The molecular weight excluding hydrogens is 703 g/mol. The number of benzene rings is 9. The summed E-state index contributed by atoms with van der Waals surface area (Å²) in [5.74, 6) is 0. The Kier molecular flexibility index (Phi) is 6.44. The predicted octanol–water partition coefficient (Wildman–Crippen LogP) is 14.6. The van der Waals surface area contributed by atoms with E-state index in [0.717, 1.165) is 22.5 Å². The number of hydrogen-bond donors (Lipinski definition) is 0. The topological polar surface area (TPSA) is 22.8 Å². The number of pyridine rings is 1. The zero-order chi connectivity index (χ0) is 37.9. The van der Waals surface area contributed by atoms with Gasteiger partial charge >= 0.3 is 0 Å². The van der Waals surface area contributed by atoms with Gasteiger partial charge in [0.1, 0.15) is 0 Å². The molecule has 3 nitrogen and oxygen atoms in total. The molecule has 1 aliphatic rings. The summed E-state index contributed by atoms with van der Waals surface area (Å²) in [5, 5.41) is 8.65. The van der Waals surface area contributed by atoms with Crippen LogP contribution >= 0.6 is 0 Å². The van der Waals surface area contributed by atoms with Gasteiger partial charge in [-0.05, 0) is 117 Å². The maximum atomic E-state index is 5.20. The van der Waals surface area contributed by atoms with E-state index < -0.39 is 0 Å². The number of hydrogen-bond acceptors (Lipinski definition) is 1. The first-order valence-corrected chi connectivity index (χ1v) is 20.0. The second-order valence-corrected chi connectivity index (χ2v) is 15.6. The summed E-state index contributed by atoms with van der Waals surface area (Å²) in [4.78, 5) is 5.20. The highest BCUT2D eigenvalue weighted by Crippen LogP contribution is 2.48. The Hall–Kier alpha value is -7.75. The molecule has 0 unspecified atom stereocenters. The molecule has 12 aromatic rings. The minimum Gasteiger partial charge on any atom is -0.309 e. The zero-order valence-corrected chi connectivity index (χ0v) is 31.4. The number of fused-ring (bicyclic) bond motifs is 10. The molecule has 0 amide bonds. The smallest absolute Gasteiger partial charge is 0.0722 e. The van der Waals surface area contributed by atoms with Crippen molar-refractivity contribution < 1.29 is 0 Å². The quantitative estimate of drug-likeness (QED) is 0.176. The number of nitrogens with zero attached hydrogens (tertiary/aromatic N) is 3. The molecule has 0 saturated carbocycles. The fraction of sp³-hybridized carbons (Fsp3) is 0. The van der Waals surface area contributed by atoms with Crippen molar-refractivity contribution >= 4 is 65.3 Å². The van der Waals surface area contributed by atoms with E-state index in [0.29, 0.717) is 0 Å². The largest absolute Gasteiger partial charge is 0.309 e. The lowest BCUT2D eigenvalue weighted by atomic mass is 10.00. The lowest BCUT2D eigenvalue weighted by Gasteiger charge is -2.12. The Morgan fingerprint density at radius 1 is 0.310 bits per heavy atom. The van der Waals surface area contributed by atoms with E-state index in [-0.39, 0.29) is 0 Å². The fourth-order valence-corrected chi connectivity index (χ4v) is 9.79. The van der Waals surface area contributed by atoms with E-state index >= 15 is 0 Å². The molecule has 13 rings (SSSR count). The summed E-state index contributed by atoms with van der Waals surface area (Å²) in [7, 11) is 0. The Morgan fingerprint density at radius 3 is 1.76 bits per heavy atom. The van der Waals surface area contributed by atoms with Crippen LogP contribution in [0.1, 0.15) is 0 Å². The van der Waals surface area contributed by atoms with Crippen LogP contribution in [0.25, 0.3) is 121 Å². The van der Waals surface area contributed by atoms with Gasteiger partial charge in [0, 0.05) is 43.9 Å². The van der Waals surface area contributed by atoms with Crippen molar-refractivity contribution in [3.05, 3.63) is 200 Å². The number of rotatable bonds is 4. The highest BCUT2D eigenvalue weighted by atomic mass is 15.0. The molecule has 0 bridgehead atoms. The van der Waals surface area contributed by atoms with Gasteiger partial charge in [0.25, 0.3) is 0 Å². The normalized spacial score (nSPS) is 12.1. The summed E-state index contributed by atoms with van der Waals surface area (Å²) in [6.07, 6.45) is 0. The molecule has 3 heterocycles. The van der Waals surface area contributed by atoms with Crippen molar-refractivity contribution in [2.45, 2.75) is 0 Å². The number of para-hydroxylation sites is 3. The van der Waals surface area contributed by atoms with Crippen LogP contribution in [-0.2, 0) is 0 Å². The zero-order valence-electron chi connectivity index (χ0n) is 31.4. The molecule has 0 saturated heterocycles. The van der Waals surface area contributed by atoms with E-state index in [1.807, 2.05) is 0 Å². The molecule has 0 aliphatic heterocycles. The van der Waals surface area contributed by atoms with Crippen LogP contribution in [0, 0.1) is 0 Å². The van der Waals surface area contributed by atoms with Crippen molar-refractivity contribution in [2.75, 3.05) is 0 Å². The SMILES string of the molecule is c1ccc(-n2c3ccccc3c3cc(-c4ccc5c6ccccc6n(-c6ccc7cc(-c8cc9c%10c(cccc%10n8)-c8ccccc8-9)ccc7c6)c5c4)ccc32)cc1. The van der Waals surface area contributed by atoms with Crippen LogP contribution in [0.15, 0.2) is 200 Å². The molecule has 1 aliphatic carbocycles. The lowest BCUT2D eigenvalue weighted by molar-refractivity contribution is 1.18. The highest BCUT2D eigenvalue weighted by Gasteiger charge is 2.23. The van der Waals surface area contributed by atoms with Gasteiger partial charge < -0.3 is 9.13 Å². The van der Waals surface area contributed by atoms with Crippen LogP contribution in [0.3, 0.4) is 0 Å². The van der Waals surface area contributed by atoms with Gasteiger partial charge in [0.2, 0.25) is 0 Å². The maximum Gasteiger partial charge on any atom is 0.0722 e. The molecule has 0 radical (unpaired) electrons. The predicted molar refractivity (Wildman–Crippen MR) is 243 cm³/mol. The van der Waals surface area contributed by atoms with Gasteiger partial charge in [-0.3, -0.25) is 0 Å². The number of aromatic nitrogens is 3. The van der Waals surface area contributed by atoms with Gasteiger partial charge in [0.05, 0.1) is 33.3 Å². The Morgan fingerprint density at radius 2 is 0.914 bits per heavy atom. The summed E-state index contributed by atoms with van der Waals surface area (Å²) >= 11 is 0. The summed E-state index contributed by atoms with van der Waals surface area (Å²) in [5.41, 5.74) is 17.8. The first-order chi connectivity index (χ1) is 28.7. The van der Waals surface area contributed by atoms with Gasteiger partial charge in [-0.2, -0.15) is 0 Å². The summed E-state index contributed by atoms with van der Waals surface area (Å²) in [6, 6.07) is 73.2. The molecule has 268 valence electrons. The van der Waals surface area contributed by atoms with Crippen LogP contribution in [0.5, 0.6) is 0 Å². The van der Waals surface area contributed by atoms with E-state index in [1.54, 1.807) is 0 Å². The maximum absolute atomic E-state index is 5.20.